The van der Waals surface area contributed by atoms with Crippen LogP contribution >= 0.6 is 0 Å². The van der Waals surface area contributed by atoms with Gasteiger partial charge in [0.2, 0.25) is 0 Å². The van der Waals surface area contributed by atoms with Crippen LogP contribution in [0.15, 0.2) is 18.2 Å². The molecule has 0 saturated carbocycles. The van der Waals surface area contributed by atoms with Crippen LogP contribution in [0.3, 0.4) is 0 Å². The van der Waals surface area contributed by atoms with Gasteiger partial charge in [0.05, 0.1) is 0 Å². The average Bonchev–Trinajstić information content (AvgIpc) is 2.21. The molecule has 1 aromatic rings. The number of rotatable bonds is 3. The predicted molar refractivity (Wildman–Crippen MR) is 63.0 cm³/mol. The number of hydrogen-bond donors (Lipinski definition) is 2. The molecule has 0 fully saturated rings. The zero-order chi connectivity index (χ0) is 12.1. The number of nitrogens with one attached hydrogen (secondary N) is 2. The highest BCUT2D eigenvalue weighted by molar-refractivity contribution is 5.89. The molecule has 0 heterocycles. The minimum absolute atomic E-state index is 0.308. The molecule has 0 atom stereocenters. The van der Waals surface area contributed by atoms with Gasteiger partial charge in [-0.2, -0.15) is 0 Å². The van der Waals surface area contributed by atoms with E-state index < -0.39 is 0 Å². The fourth-order valence-corrected chi connectivity index (χ4v) is 1.14. The lowest BCUT2D eigenvalue weighted by atomic mass is 10.2. The van der Waals surface area contributed by atoms with E-state index in [9.17, 15) is 9.18 Å². The third kappa shape index (κ3) is 3.88. The van der Waals surface area contributed by atoms with E-state index in [0.29, 0.717) is 23.7 Å². The second kappa shape index (κ2) is 5.49. The van der Waals surface area contributed by atoms with Crippen molar-refractivity contribution in [3.8, 4) is 0 Å². The van der Waals surface area contributed by atoms with Crippen LogP contribution in [-0.4, -0.2) is 12.6 Å². The van der Waals surface area contributed by atoms with Gasteiger partial charge in [-0.3, -0.25) is 0 Å². The first-order valence-corrected chi connectivity index (χ1v) is 5.30. The predicted octanol–water partition coefficient (Wildman–Crippen LogP) is 2.91. The maximum atomic E-state index is 13.2. The molecule has 0 bridgehead atoms. The fraction of sp³-hybridized carbons (Fsp3) is 0.417. The number of hydrogen-bond acceptors (Lipinski definition) is 1. The summed E-state index contributed by atoms with van der Waals surface area (Å²) in [4.78, 5) is 11.4. The average molecular weight is 224 g/mol. The van der Waals surface area contributed by atoms with E-state index in [1.54, 1.807) is 19.1 Å². The van der Waals surface area contributed by atoms with Crippen molar-refractivity contribution in [1.29, 1.82) is 0 Å². The van der Waals surface area contributed by atoms with Crippen molar-refractivity contribution in [1.82, 2.24) is 5.32 Å². The van der Waals surface area contributed by atoms with Crippen molar-refractivity contribution >= 4 is 11.7 Å². The Hall–Kier alpha value is -1.58. The van der Waals surface area contributed by atoms with Gasteiger partial charge < -0.3 is 10.6 Å². The Morgan fingerprint density at radius 1 is 1.44 bits per heavy atom. The van der Waals surface area contributed by atoms with Crippen LogP contribution in [0.2, 0.25) is 0 Å². The molecular formula is C12H17FN2O. The lowest BCUT2D eigenvalue weighted by Crippen LogP contribution is -2.31. The molecule has 0 aliphatic heterocycles. The van der Waals surface area contributed by atoms with Crippen LogP contribution in [0.4, 0.5) is 14.9 Å². The molecule has 0 aliphatic rings. The lowest BCUT2D eigenvalue weighted by Gasteiger charge is -2.09. The molecule has 0 spiro atoms. The van der Waals surface area contributed by atoms with E-state index in [1.807, 2.05) is 13.8 Å². The van der Waals surface area contributed by atoms with Crippen LogP contribution in [-0.2, 0) is 0 Å². The Morgan fingerprint density at radius 2 is 2.12 bits per heavy atom. The summed E-state index contributed by atoms with van der Waals surface area (Å²) < 4.78 is 13.2. The van der Waals surface area contributed by atoms with Crippen molar-refractivity contribution in [3.63, 3.8) is 0 Å². The summed E-state index contributed by atoms with van der Waals surface area (Å²) in [5, 5.41) is 5.27. The van der Waals surface area contributed by atoms with E-state index >= 15 is 0 Å². The smallest absolute Gasteiger partial charge is 0.319 e. The number of benzene rings is 1. The number of amides is 2. The van der Waals surface area contributed by atoms with Gasteiger partial charge in [-0.15, -0.1) is 0 Å². The van der Waals surface area contributed by atoms with Crippen molar-refractivity contribution in [2.75, 3.05) is 11.9 Å². The zero-order valence-electron chi connectivity index (χ0n) is 9.80. The molecule has 2 amide bonds. The summed E-state index contributed by atoms with van der Waals surface area (Å²) in [6, 6.07) is 4.31. The Kier molecular flexibility index (Phi) is 4.28. The summed E-state index contributed by atoms with van der Waals surface area (Å²) in [6.45, 7) is 6.29. The van der Waals surface area contributed by atoms with Gasteiger partial charge in [-0.05, 0) is 30.5 Å². The molecular weight excluding hydrogens is 207 g/mol. The number of urea groups is 1. The van der Waals surface area contributed by atoms with Gasteiger partial charge in [-0.25, -0.2) is 9.18 Å². The first-order chi connectivity index (χ1) is 7.49. The van der Waals surface area contributed by atoms with Gasteiger partial charge in [0.15, 0.2) is 0 Å². The molecule has 2 N–H and O–H groups in total. The highest BCUT2D eigenvalue weighted by Crippen LogP contribution is 2.13. The van der Waals surface area contributed by atoms with Gasteiger partial charge in [0, 0.05) is 12.2 Å². The van der Waals surface area contributed by atoms with Crippen LogP contribution < -0.4 is 10.6 Å². The SMILES string of the molecule is Cc1ccc(NC(=O)NCC(C)C)cc1F. The molecule has 4 heteroatoms. The molecule has 1 aromatic carbocycles. The Morgan fingerprint density at radius 3 is 2.69 bits per heavy atom. The summed E-state index contributed by atoms with van der Waals surface area (Å²) >= 11 is 0. The molecule has 0 aromatic heterocycles. The molecule has 3 nitrogen and oxygen atoms in total. The lowest BCUT2D eigenvalue weighted by molar-refractivity contribution is 0.251. The topological polar surface area (TPSA) is 41.1 Å². The summed E-state index contributed by atoms with van der Waals surface area (Å²) in [5.41, 5.74) is 1.03. The van der Waals surface area contributed by atoms with E-state index in [2.05, 4.69) is 10.6 Å². The number of carbonyl (C=O) groups is 1. The van der Waals surface area contributed by atoms with Gasteiger partial charge in [0.1, 0.15) is 5.82 Å². The van der Waals surface area contributed by atoms with Gasteiger partial charge in [-0.1, -0.05) is 19.9 Å². The number of halogens is 1. The first kappa shape index (κ1) is 12.5. The van der Waals surface area contributed by atoms with Crippen LogP contribution in [0.1, 0.15) is 19.4 Å². The van der Waals surface area contributed by atoms with Crippen LogP contribution in [0.25, 0.3) is 0 Å². The fourth-order valence-electron chi connectivity index (χ4n) is 1.14. The first-order valence-electron chi connectivity index (χ1n) is 5.30. The van der Waals surface area contributed by atoms with E-state index in [1.165, 1.54) is 6.07 Å². The zero-order valence-corrected chi connectivity index (χ0v) is 9.80. The van der Waals surface area contributed by atoms with E-state index in [-0.39, 0.29) is 11.8 Å². The molecule has 0 radical (unpaired) electrons. The largest absolute Gasteiger partial charge is 0.338 e. The van der Waals surface area contributed by atoms with Crippen LogP contribution in [0, 0.1) is 18.7 Å². The maximum Gasteiger partial charge on any atom is 0.319 e. The Labute approximate surface area is 95.0 Å². The molecule has 88 valence electrons. The highest BCUT2D eigenvalue weighted by Gasteiger charge is 2.04. The summed E-state index contributed by atoms with van der Waals surface area (Å²) in [7, 11) is 0. The third-order valence-corrected chi connectivity index (χ3v) is 2.10. The van der Waals surface area contributed by atoms with Crippen LogP contribution in [0.5, 0.6) is 0 Å². The van der Waals surface area contributed by atoms with Crippen molar-refractivity contribution in [2.45, 2.75) is 20.8 Å². The summed E-state index contributed by atoms with van der Waals surface area (Å²) in [6.07, 6.45) is 0. The number of carbonyl (C=O) groups excluding carboxylic acids is 1. The van der Waals surface area contributed by atoms with Gasteiger partial charge >= 0.3 is 6.03 Å². The number of aryl methyl sites for hydroxylation is 1. The number of anilines is 1. The Balaban J connectivity index is 2.53. The minimum Gasteiger partial charge on any atom is -0.338 e. The molecule has 16 heavy (non-hydrogen) atoms. The second-order valence-corrected chi connectivity index (χ2v) is 4.19. The maximum absolute atomic E-state index is 13.2. The van der Waals surface area contributed by atoms with Crippen molar-refractivity contribution in [3.05, 3.63) is 29.6 Å². The Bertz CT molecular complexity index is 377. The third-order valence-electron chi connectivity index (χ3n) is 2.10. The quantitative estimate of drug-likeness (QED) is 0.814. The molecule has 0 unspecified atom stereocenters. The van der Waals surface area contributed by atoms with Crippen molar-refractivity contribution < 1.29 is 9.18 Å². The highest BCUT2D eigenvalue weighted by atomic mass is 19.1. The summed E-state index contributed by atoms with van der Waals surface area (Å²) in [5.74, 6) is 0.0714. The van der Waals surface area contributed by atoms with Gasteiger partial charge in [0.25, 0.3) is 0 Å². The van der Waals surface area contributed by atoms with E-state index in [0.717, 1.165) is 0 Å². The molecule has 0 aliphatic carbocycles. The minimum atomic E-state index is -0.318. The molecule has 0 saturated heterocycles. The van der Waals surface area contributed by atoms with Crippen molar-refractivity contribution in [2.24, 2.45) is 5.92 Å². The monoisotopic (exact) mass is 224 g/mol. The van der Waals surface area contributed by atoms with E-state index in [4.69, 9.17) is 0 Å². The standard InChI is InChI=1S/C12H17FN2O/c1-8(2)7-14-12(16)15-10-5-4-9(3)11(13)6-10/h4-6,8H,7H2,1-3H3,(H2,14,15,16). The normalized spacial score (nSPS) is 10.3. The molecule has 1 rings (SSSR count). The second-order valence-electron chi connectivity index (χ2n) is 4.19.